The van der Waals surface area contributed by atoms with Gasteiger partial charge in [-0.1, -0.05) is 13.0 Å². The van der Waals surface area contributed by atoms with Gasteiger partial charge in [-0.15, -0.1) is 24.0 Å². The lowest BCUT2D eigenvalue weighted by Gasteiger charge is -2.05. The van der Waals surface area contributed by atoms with E-state index in [1.807, 2.05) is 6.07 Å². The number of aliphatic hydroxyl groups is 1. The first kappa shape index (κ1) is 10.0. The molecule has 0 fully saturated rings. The van der Waals surface area contributed by atoms with E-state index < -0.39 is 0 Å². The zero-order chi connectivity index (χ0) is 10.1. The Kier molecular flexibility index (Phi) is 2.81. The Morgan fingerprint density at radius 2 is 2.21 bits per heavy atom. The lowest BCUT2D eigenvalue weighted by Crippen LogP contribution is -1.92. The first-order chi connectivity index (χ1) is 6.76. The predicted molar refractivity (Wildman–Crippen MR) is 64.4 cm³/mol. The standard InChI is InChI=1S/C11H12OS2/c1-2-8-7(6-12)3-4-10-9(8)5-11(13)14-10/h3-5,12-13H,2,6H2,1H3. The van der Waals surface area contributed by atoms with Gasteiger partial charge in [0.25, 0.3) is 0 Å². The van der Waals surface area contributed by atoms with Crippen molar-refractivity contribution in [1.29, 1.82) is 0 Å². The Balaban J connectivity index is 2.75. The molecule has 2 aromatic rings. The molecule has 14 heavy (non-hydrogen) atoms. The Hall–Kier alpha value is -0.510. The second-order valence-electron chi connectivity index (χ2n) is 3.21. The number of aryl methyl sites for hydroxylation is 1. The molecular weight excluding hydrogens is 212 g/mol. The van der Waals surface area contributed by atoms with E-state index in [1.54, 1.807) is 11.3 Å². The van der Waals surface area contributed by atoms with Crippen molar-refractivity contribution in [1.82, 2.24) is 0 Å². The molecule has 0 radical (unpaired) electrons. The molecule has 1 N–H and O–H groups in total. The van der Waals surface area contributed by atoms with E-state index in [9.17, 15) is 5.11 Å². The summed E-state index contributed by atoms with van der Waals surface area (Å²) in [5, 5.41) is 10.4. The molecule has 1 nitrogen and oxygen atoms in total. The van der Waals surface area contributed by atoms with E-state index in [4.69, 9.17) is 0 Å². The van der Waals surface area contributed by atoms with E-state index >= 15 is 0 Å². The average Bonchev–Trinajstić information content (AvgIpc) is 2.56. The minimum absolute atomic E-state index is 0.122. The minimum atomic E-state index is 0.122. The van der Waals surface area contributed by atoms with Crippen molar-refractivity contribution in [2.75, 3.05) is 0 Å². The molecule has 1 aromatic carbocycles. The van der Waals surface area contributed by atoms with Crippen molar-refractivity contribution < 1.29 is 5.11 Å². The highest BCUT2D eigenvalue weighted by Gasteiger charge is 2.07. The maximum absolute atomic E-state index is 9.20. The van der Waals surface area contributed by atoms with Gasteiger partial charge < -0.3 is 5.11 Å². The molecule has 1 aromatic heterocycles. The summed E-state index contributed by atoms with van der Waals surface area (Å²) in [7, 11) is 0. The quantitative estimate of drug-likeness (QED) is 0.750. The molecule has 0 bridgehead atoms. The summed E-state index contributed by atoms with van der Waals surface area (Å²) in [6, 6.07) is 6.15. The van der Waals surface area contributed by atoms with Gasteiger partial charge in [0.2, 0.25) is 0 Å². The molecule has 0 saturated carbocycles. The number of hydrogen-bond donors (Lipinski definition) is 2. The Labute approximate surface area is 92.8 Å². The van der Waals surface area contributed by atoms with E-state index in [0.717, 1.165) is 16.2 Å². The van der Waals surface area contributed by atoms with Gasteiger partial charge in [0.05, 0.1) is 10.8 Å². The number of hydrogen-bond acceptors (Lipinski definition) is 3. The highest BCUT2D eigenvalue weighted by atomic mass is 32.2. The maximum atomic E-state index is 9.20. The molecule has 0 unspecified atom stereocenters. The van der Waals surface area contributed by atoms with Gasteiger partial charge in [-0.25, -0.2) is 0 Å². The average molecular weight is 224 g/mol. The minimum Gasteiger partial charge on any atom is -0.392 e. The summed E-state index contributed by atoms with van der Waals surface area (Å²) in [5.41, 5.74) is 2.28. The van der Waals surface area contributed by atoms with Gasteiger partial charge in [-0.05, 0) is 35.1 Å². The molecule has 0 aliphatic carbocycles. The van der Waals surface area contributed by atoms with Gasteiger partial charge in [0.15, 0.2) is 0 Å². The lowest BCUT2D eigenvalue weighted by atomic mass is 10.0. The zero-order valence-electron chi connectivity index (χ0n) is 7.95. The third-order valence-electron chi connectivity index (χ3n) is 2.42. The molecule has 0 atom stereocenters. The second kappa shape index (κ2) is 3.93. The third kappa shape index (κ3) is 1.56. The fraction of sp³-hybridized carbons (Fsp3) is 0.273. The summed E-state index contributed by atoms with van der Waals surface area (Å²) < 4.78 is 2.29. The summed E-state index contributed by atoms with van der Waals surface area (Å²) in [5.74, 6) is 0. The summed E-state index contributed by atoms with van der Waals surface area (Å²) in [6.07, 6.45) is 0.956. The molecule has 1 heterocycles. The Morgan fingerprint density at radius 1 is 1.43 bits per heavy atom. The summed E-state index contributed by atoms with van der Waals surface area (Å²) in [6.45, 7) is 2.24. The van der Waals surface area contributed by atoms with Gasteiger partial charge in [-0.2, -0.15) is 0 Å². The molecule has 74 valence electrons. The van der Waals surface area contributed by atoms with Crippen LogP contribution >= 0.6 is 24.0 Å². The fourth-order valence-corrected chi connectivity index (χ4v) is 3.02. The van der Waals surface area contributed by atoms with Crippen molar-refractivity contribution in [3.8, 4) is 0 Å². The summed E-state index contributed by atoms with van der Waals surface area (Å²) >= 11 is 6.03. The Bertz CT molecular complexity index is 460. The van der Waals surface area contributed by atoms with Gasteiger partial charge in [0.1, 0.15) is 0 Å². The molecule has 0 spiro atoms. The molecule has 2 rings (SSSR count). The van der Waals surface area contributed by atoms with Gasteiger partial charge in [0, 0.05) is 4.70 Å². The van der Waals surface area contributed by atoms with Gasteiger partial charge >= 0.3 is 0 Å². The number of thiol groups is 1. The highest BCUT2D eigenvalue weighted by Crippen LogP contribution is 2.32. The molecule has 3 heteroatoms. The largest absolute Gasteiger partial charge is 0.392 e. The van der Waals surface area contributed by atoms with E-state index in [0.29, 0.717) is 0 Å². The number of rotatable bonds is 2. The zero-order valence-corrected chi connectivity index (χ0v) is 9.66. The van der Waals surface area contributed by atoms with Gasteiger partial charge in [-0.3, -0.25) is 0 Å². The van der Waals surface area contributed by atoms with Crippen molar-refractivity contribution >= 4 is 34.1 Å². The van der Waals surface area contributed by atoms with Crippen LogP contribution in [0.2, 0.25) is 0 Å². The number of benzene rings is 1. The maximum Gasteiger partial charge on any atom is 0.0684 e. The van der Waals surface area contributed by atoms with Crippen LogP contribution in [0.4, 0.5) is 0 Å². The van der Waals surface area contributed by atoms with Crippen molar-refractivity contribution in [2.45, 2.75) is 24.2 Å². The Morgan fingerprint density at radius 3 is 2.86 bits per heavy atom. The van der Waals surface area contributed by atoms with E-state index in [1.165, 1.54) is 15.6 Å². The van der Waals surface area contributed by atoms with Crippen molar-refractivity contribution in [3.05, 3.63) is 29.3 Å². The normalized spacial score (nSPS) is 11.1. The van der Waals surface area contributed by atoms with Crippen LogP contribution in [-0.4, -0.2) is 5.11 Å². The lowest BCUT2D eigenvalue weighted by molar-refractivity contribution is 0.281. The first-order valence-corrected chi connectivity index (χ1v) is 5.86. The van der Waals surface area contributed by atoms with Crippen molar-refractivity contribution in [3.63, 3.8) is 0 Å². The molecule has 0 saturated heterocycles. The molecule has 0 aliphatic heterocycles. The smallest absolute Gasteiger partial charge is 0.0684 e. The first-order valence-electron chi connectivity index (χ1n) is 4.60. The fourth-order valence-electron chi connectivity index (χ4n) is 1.77. The third-order valence-corrected chi connectivity index (χ3v) is 3.73. The van der Waals surface area contributed by atoms with Crippen LogP contribution in [0.3, 0.4) is 0 Å². The topological polar surface area (TPSA) is 20.2 Å². The van der Waals surface area contributed by atoms with Crippen LogP contribution in [0.5, 0.6) is 0 Å². The van der Waals surface area contributed by atoms with Crippen LogP contribution in [-0.2, 0) is 13.0 Å². The van der Waals surface area contributed by atoms with Crippen LogP contribution in [0.15, 0.2) is 22.4 Å². The molecule has 0 aliphatic rings. The number of fused-ring (bicyclic) bond motifs is 1. The van der Waals surface area contributed by atoms with Crippen molar-refractivity contribution in [2.24, 2.45) is 0 Å². The van der Waals surface area contributed by atoms with Crippen LogP contribution in [0, 0.1) is 0 Å². The highest BCUT2D eigenvalue weighted by molar-refractivity contribution is 7.83. The van der Waals surface area contributed by atoms with Crippen LogP contribution < -0.4 is 0 Å². The second-order valence-corrected chi connectivity index (χ2v) is 5.08. The SMILES string of the molecule is CCc1c(CO)ccc2sc(S)cc12. The number of thiophene rings is 1. The molecule has 0 amide bonds. The van der Waals surface area contributed by atoms with Crippen LogP contribution in [0.25, 0.3) is 10.1 Å². The van der Waals surface area contributed by atoms with Crippen LogP contribution in [0.1, 0.15) is 18.1 Å². The van der Waals surface area contributed by atoms with E-state index in [2.05, 4.69) is 31.7 Å². The van der Waals surface area contributed by atoms with E-state index in [-0.39, 0.29) is 6.61 Å². The predicted octanol–water partition coefficient (Wildman–Crippen LogP) is 3.24. The summed E-state index contributed by atoms with van der Waals surface area (Å²) in [4.78, 5) is 0. The monoisotopic (exact) mass is 224 g/mol. The number of aliphatic hydroxyl groups excluding tert-OH is 1. The molecular formula is C11H12OS2.